The second-order valence-electron chi connectivity index (χ2n) is 8.44. The van der Waals surface area contributed by atoms with Crippen molar-refractivity contribution < 1.29 is 27.8 Å². The minimum absolute atomic E-state index is 0.00290. The Bertz CT molecular complexity index is 1370. The summed E-state index contributed by atoms with van der Waals surface area (Å²) in [5, 5.41) is 11.8. The van der Waals surface area contributed by atoms with Crippen molar-refractivity contribution in [1.29, 1.82) is 0 Å². The van der Waals surface area contributed by atoms with E-state index in [2.05, 4.69) is 14.6 Å². The van der Waals surface area contributed by atoms with Gasteiger partial charge in [0.05, 0.1) is 15.7 Å². The molecule has 1 aliphatic rings. The molecule has 4 aromatic rings. The highest BCUT2D eigenvalue weighted by Gasteiger charge is 2.44. The standard InChI is InChI=1S/C26H22F3N3O3S/c27-26(28,29)35-21-8-4-7-19(15-21)25(34,18-5-2-1-3-6-18)24(33)32-13-11-31(12-14-32)20-9-10-23-22(16-20)30-17-36-23/h1-10,15-17,34H,11-14H2. The molecule has 186 valence electrons. The Hall–Kier alpha value is -3.63. The van der Waals surface area contributed by atoms with Crippen LogP contribution >= 0.6 is 11.3 Å². The lowest BCUT2D eigenvalue weighted by Crippen LogP contribution is -2.55. The molecular weight excluding hydrogens is 491 g/mol. The van der Waals surface area contributed by atoms with Crippen LogP contribution in [0.5, 0.6) is 5.75 Å². The molecule has 1 saturated heterocycles. The molecule has 6 nitrogen and oxygen atoms in total. The maximum atomic E-state index is 13.8. The van der Waals surface area contributed by atoms with E-state index in [0.29, 0.717) is 26.2 Å². The number of aromatic nitrogens is 1. The molecule has 1 unspecified atom stereocenters. The minimum atomic E-state index is -4.90. The summed E-state index contributed by atoms with van der Waals surface area (Å²) in [5.41, 5.74) is 1.77. The van der Waals surface area contributed by atoms with Gasteiger partial charge in [-0.05, 0) is 35.9 Å². The molecule has 0 radical (unpaired) electrons. The van der Waals surface area contributed by atoms with Gasteiger partial charge in [-0.2, -0.15) is 0 Å². The van der Waals surface area contributed by atoms with Crippen molar-refractivity contribution in [1.82, 2.24) is 9.88 Å². The summed E-state index contributed by atoms with van der Waals surface area (Å²) >= 11 is 1.57. The number of anilines is 1. The van der Waals surface area contributed by atoms with Gasteiger partial charge in [0.1, 0.15) is 5.75 Å². The van der Waals surface area contributed by atoms with Gasteiger partial charge in [0.15, 0.2) is 5.60 Å². The van der Waals surface area contributed by atoms with Crippen molar-refractivity contribution in [2.24, 2.45) is 0 Å². The molecule has 2 heterocycles. The largest absolute Gasteiger partial charge is 0.573 e. The molecule has 5 rings (SSSR count). The molecule has 1 fully saturated rings. The quantitative estimate of drug-likeness (QED) is 0.416. The maximum Gasteiger partial charge on any atom is 0.573 e. The molecule has 36 heavy (non-hydrogen) atoms. The summed E-state index contributed by atoms with van der Waals surface area (Å²) in [5.74, 6) is -1.11. The number of ether oxygens (including phenoxy) is 1. The molecule has 1 aliphatic heterocycles. The zero-order chi connectivity index (χ0) is 25.3. The Morgan fingerprint density at radius 3 is 2.36 bits per heavy atom. The first kappa shape index (κ1) is 24.1. The fourth-order valence-electron chi connectivity index (χ4n) is 4.45. The topological polar surface area (TPSA) is 65.9 Å². The van der Waals surface area contributed by atoms with E-state index in [0.717, 1.165) is 28.0 Å². The van der Waals surface area contributed by atoms with Crippen LogP contribution in [-0.2, 0) is 10.4 Å². The molecule has 0 bridgehead atoms. The molecule has 0 aliphatic carbocycles. The zero-order valence-electron chi connectivity index (χ0n) is 19.0. The molecule has 1 aromatic heterocycles. The number of nitrogens with zero attached hydrogens (tertiary/aromatic N) is 3. The highest BCUT2D eigenvalue weighted by molar-refractivity contribution is 7.16. The van der Waals surface area contributed by atoms with Crippen molar-refractivity contribution in [3.8, 4) is 5.75 Å². The lowest BCUT2D eigenvalue weighted by Gasteiger charge is -2.40. The SMILES string of the molecule is O=C(N1CCN(c2ccc3scnc3c2)CC1)C(O)(c1ccccc1)c1cccc(OC(F)(F)F)c1. The van der Waals surface area contributed by atoms with E-state index in [1.54, 1.807) is 52.1 Å². The molecule has 0 saturated carbocycles. The van der Waals surface area contributed by atoms with Crippen molar-refractivity contribution in [2.75, 3.05) is 31.1 Å². The maximum absolute atomic E-state index is 13.8. The van der Waals surface area contributed by atoms with Gasteiger partial charge in [0.2, 0.25) is 0 Å². The molecule has 1 amide bonds. The van der Waals surface area contributed by atoms with Crippen molar-refractivity contribution in [2.45, 2.75) is 12.0 Å². The lowest BCUT2D eigenvalue weighted by atomic mass is 9.84. The lowest BCUT2D eigenvalue weighted by molar-refractivity contribution is -0.274. The number of fused-ring (bicyclic) bond motifs is 1. The summed E-state index contributed by atoms with van der Waals surface area (Å²) < 4.78 is 43.6. The Balaban J connectivity index is 1.41. The van der Waals surface area contributed by atoms with E-state index in [-0.39, 0.29) is 11.1 Å². The fourth-order valence-corrected chi connectivity index (χ4v) is 5.11. The zero-order valence-corrected chi connectivity index (χ0v) is 19.8. The van der Waals surface area contributed by atoms with Crippen molar-refractivity contribution in [3.05, 3.63) is 89.4 Å². The second kappa shape index (κ2) is 9.44. The molecule has 1 N–H and O–H groups in total. The number of aliphatic hydroxyl groups is 1. The monoisotopic (exact) mass is 513 g/mol. The predicted molar refractivity (Wildman–Crippen MR) is 131 cm³/mol. The van der Waals surface area contributed by atoms with Crippen LogP contribution in [0.3, 0.4) is 0 Å². The van der Waals surface area contributed by atoms with E-state index in [9.17, 15) is 23.1 Å². The number of hydrogen-bond donors (Lipinski definition) is 1. The van der Waals surface area contributed by atoms with Gasteiger partial charge in [0.25, 0.3) is 5.91 Å². The molecular formula is C26H22F3N3O3S. The van der Waals surface area contributed by atoms with Crippen LogP contribution in [0.2, 0.25) is 0 Å². The third-order valence-corrected chi connectivity index (χ3v) is 7.04. The normalized spacial score (nSPS) is 16.1. The average molecular weight is 514 g/mol. The number of piperazine rings is 1. The number of carbonyl (C=O) groups excluding carboxylic acids is 1. The summed E-state index contributed by atoms with van der Waals surface area (Å²) in [6, 6.07) is 19.2. The Morgan fingerprint density at radius 2 is 1.64 bits per heavy atom. The van der Waals surface area contributed by atoms with Crippen LogP contribution in [0.4, 0.5) is 18.9 Å². The smallest absolute Gasteiger partial charge is 0.406 e. The van der Waals surface area contributed by atoms with Gasteiger partial charge in [-0.15, -0.1) is 24.5 Å². The third kappa shape index (κ3) is 4.74. The van der Waals surface area contributed by atoms with E-state index in [1.807, 2.05) is 18.2 Å². The van der Waals surface area contributed by atoms with Crippen LogP contribution < -0.4 is 9.64 Å². The highest BCUT2D eigenvalue weighted by atomic mass is 32.1. The predicted octanol–water partition coefficient (Wildman–Crippen LogP) is 4.78. The Labute approximate surface area is 209 Å². The van der Waals surface area contributed by atoms with Gasteiger partial charge in [-0.3, -0.25) is 4.79 Å². The van der Waals surface area contributed by atoms with Crippen LogP contribution in [0.1, 0.15) is 11.1 Å². The highest BCUT2D eigenvalue weighted by Crippen LogP contribution is 2.35. The van der Waals surface area contributed by atoms with Crippen LogP contribution in [-0.4, -0.2) is 53.4 Å². The number of hydrogen-bond acceptors (Lipinski definition) is 6. The van der Waals surface area contributed by atoms with E-state index < -0.39 is 23.6 Å². The first-order valence-corrected chi connectivity index (χ1v) is 12.1. The van der Waals surface area contributed by atoms with Gasteiger partial charge in [-0.1, -0.05) is 42.5 Å². The number of carbonyl (C=O) groups is 1. The third-order valence-electron chi connectivity index (χ3n) is 6.23. The second-order valence-corrected chi connectivity index (χ2v) is 9.32. The number of rotatable bonds is 5. The van der Waals surface area contributed by atoms with Crippen LogP contribution in [0.15, 0.2) is 78.3 Å². The van der Waals surface area contributed by atoms with Gasteiger partial charge in [0, 0.05) is 37.4 Å². The van der Waals surface area contributed by atoms with Crippen molar-refractivity contribution >= 4 is 33.1 Å². The van der Waals surface area contributed by atoms with E-state index in [4.69, 9.17) is 0 Å². The van der Waals surface area contributed by atoms with Crippen molar-refractivity contribution in [3.63, 3.8) is 0 Å². The Morgan fingerprint density at radius 1 is 0.917 bits per heavy atom. The Kier molecular flexibility index (Phi) is 6.31. The number of alkyl halides is 3. The van der Waals surface area contributed by atoms with Gasteiger partial charge in [-0.25, -0.2) is 4.98 Å². The van der Waals surface area contributed by atoms with Crippen LogP contribution in [0, 0.1) is 0 Å². The fraction of sp³-hybridized carbons (Fsp3) is 0.231. The number of benzene rings is 3. The minimum Gasteiger partial charge on any atom is -0.406 e. The van der Waals surface area contributed by atoms with Gasteiger partial charge < -0.3 is 19.6 Å². The number of amides is 1. The number of halogens is 3. The first-order valence-electron chi connectivity index (χ1n) is 11.3. The molecule has 10 heteroatoms. The van der Waals surface area contributed by atoms with Gasteiger partial charge >= 0.3 is 6.36 Å². The summed E-state index contributed by atoms with van der Waals surface area (Å²) in [6.45, 7) is 1.73. The summed E-state index contributed by atoms with van der Waals surface area (Å²) in [7, 11) is 0. The van der Waals surface area contributed by atoms with Crippen LogP contribution in [0.25, 0.3) is 10.2 Å². The summed E-state index contributed by atoms with van der Waals surface area (Å²) in [6.07, 6.45) is -4.90. The summed E-state index contributed by atoms with van der Waals surface area (Å²) in [4.78, 5) is 21.8. The average Bonchev–Trinajstić information content (AvgIpc) is 3.36. The molecule has 1 atom stereocenters. The molecule has 0 spiro atoms. The van der Waals surface area contributed by atoms with E-state index >= 15 is 0 Å². The molecule has 3 aromatic carbocycles. The van der Waals surface area contributed by atoms with E-state index in [1.165, 1.54) is 12.1 Å². The first-order chi connectivity index (χ1) is 17.2. The number of thiazole rings is 1.